The van der Waals surface area contributed by atoms with Crippen molar-refractivity contribution in [1.29, 1.82) is 0 Å². The van der Waals surface area contributed by atoms with E-state index in [1.165, 1.54) is 0 Å². The van der Waals surface area contributed by atoms with Crippen LogP contribution in [0, 0.1) is 19.3 Å². The van der Waals surface area contributed by atoms with E-state index in [-0.39, 0.29) is 0 Å². The fourth-order valence-corrected chi connectivity index (χ4v) is 1.94. The molecule has 2 aromatic carbocycles. The third-order valence-electron chi connectivity index (χ3n) is 2.80. The Morgan fingerprint density at radius 2 is 1.76 bits per heavy atom. The molecule has 0 saturated heterocycles. The van der Waals surface area contributed by atoms with Gasteiger partial charge in [0.2, 0.25) is 0 Å². The molecule has 0 aromatic heterocycles. The molecule has 0 heterocycles. The first kappa shape index (κ1) is 11.3. The first-order valence-electron chi connectivity index (χ1n) is 5.47. The number of terminal acetylenes is 1. The number of hydrogen-bond acceptors (Lipinski definition) is 1. The van der Waals surface area contributed by atoms with Gasteiger partial charge in [-0.2, -0.15) is 0 Å². The first-order valence-corrected chi connectivity index (χ1v) is 5.47. The van der Waals surface area contributed by atoms with Crippen molar-refractivity contribution in [3.05, 3.63) is 53.6 Å². The van der Waals surface area contributed by atoms with Crippen LogP contribution in [0.5, 0.6) is 5.75 Å². The second-order valence-corrected chi connectivity index (χ2v) is 3.85. The average Bonchev–Trinajstić information content (AvgIpc) is 2.39. The number of hydrogen-bond donors (Lipinski definition) is 0. The molecule has 0 spiro atoms. The Bertz CT molecular complexity index is 562. The summed E-state index contributed by atoms with van der Waals surface area (Å²) < 4.78 is 5.40. The molecule has 0 aliphatic heterocycles. The number of rotatable bonds is 2. The molecule has 17 heavy (non-hydrogen) atoms. The van der Waals surface area contributed by atoms with Gasteiger partial charge in [-0.25, -0.2) is 0 Å². The van der Waals surface area contributed by atoms with Gasteiger partial charge in [0.1, 0.15) is 5.75 Å². The molecule has 0 amide bonds. The molecule has 2 aromatic rings. The van der Waals surface area contributed by atoms with E-state index < -0.39 is 0 Å². The second-order valence-electron chi connectivity index (χ2n) is 3.85. The Hall–Kier alpha value is -2.20. The van der Waals surface area contributed by atoms with Crippen molar-refractivity contribution in [2.24, 2.45) is 0 Å². The predicted octanol–water partition coefficient (Wildman–Crippen LogP) is 3.65. The second kappa shape index (κ2) is 4.76. The van der Waals surface area contributed by atoms with E-state index in [9.17, 15) is 0 Å². The molecule has 0 saturated carbocycles. The van der Waals surface area contributed by atoms with Crippen molar-refractivity contribution < 1.29 is 4.74 Å². The Morgan fingerprint density at radius 3 is 2.35 bits per heavy atom. The Balaban J connectivity index is 2.75. The van der Waals surface area contributed by atoms with Gasteiger partial charge in [0.15, 0.2) is 0 Å². The van der Waals surface area contributed by atoms with E-state index in [1.54, 1.807) is 7.11 Å². The van der Waals surface area contributed by atoms with Crippen LogP contribution in [0.3, 0.4) is 0 Å². The van der Waals surface area contributed by atoms with E-state index in [0.29, 0.717) is 0 Å². The summed E-state index contributed by atoms with van der Waals surface area (Å²) in [6, 6.07) is 14.0. The minimum atomic E-state index is 0.815. The van der Waals surface area contributed by atoms with Gasteiger partial charge in [-0.15, -0.1) is 6.42 Å². The molecule has 0 aliphatic rings. The maximum Gasteiger partial charge on any atom is 0.127 e. The quantitative estimate of drug-likeness (QED) is 0.705. The summed E-state index contributed by atoms with van der Waals surface area (Å²) in [5.74, 6) is 3.57. The Labute approximate surface area is 102 Å². The summed E-state index contributed by atoms with van der Waals surface area (Å²) in [6.07, 6.45) is 5.61. The average molecular weight is 222 g/mol. The van der Waals surface area contributed by atoms with Crippen LogP contribution in [0.15, 0.2) is 42.5 Å². The maximum atomic E-state index is 5.61. The minimum absolute atomic E-state index is 0.815. The van der Waals surface area contributed by atoms with Gasteiger partial charge in [-0.1, -0.05) is 42.3 Å². The zero-order valence-electron chi connectivity index (χ0n) is 10.0. The molecular formula is C16H14O. The van der Waals surface area contributed by atoms with Crippen molar-refractivity contribution in [2.45, 2.75) is 6.92 Å². The molecule has 0 unspecified atom stereocenters. The zero-order chi connectivity index (χ0) is 12.3. The van der Waals surface area contributed by atoms with Crippen LogP contribution in [-0.4, -0.2) is 7.11 Å². The predicted molar refractivity (Wildman–Crippen MR) is 71.1 cm³/mol. The molecule has 0 radical (unpaired) electrons. The number of benzene rings is 2. The van der Waals surface area contributed by atoms with Crippen molar-refractivity contribution >= 4 is 0 Å². The van der Waals surface area contributed by atoms with Gasteiger partial charge in [-0.05, 0) is 24.1 Å². The lowest BCUT2D eigenvalue weighted by molar-refractivity contribution is 0.416. The van der Waals surface area contributed by atoms with Crippen LogP contribution < -0.4 is 4.74 Å². The van der Waals surface area contributed by atoms with E-state index in [4.69, 9.17) is 11.2 Å². The molecule has 0 bridgehead atoms. The molecule has 2 rings (SSSR count). The molecule has 84 valence electrons. The molecule has 0 N–H and O–H groups in total. The lowest BCUT2D eigenvalue weighted by Gasteiger charge is -2.13. The summed E-state index contributed by atoms with van der Waals surface area (Å²) in [4.78, 5) is 0. The number of methoxy groups -OCH3 is 1. The van der Waals surface area contributed by atoms with Crippen LogP contribution in [0.1, 0.15) is 11.1 Å². The highest BCUT2D eigenvalue weighted by Gasteiger charge is 2.11. The molecule has 0 fully saturated rings. The lowest BCUT2D eigenvalue weighted by atomic mass is 9.95. The van der Waals surface area contributed by atoms with E-state index >= 15 is 0 Å². The largest absolute Gasteiger partial charge is 0.496 e. The number of ether oxygens (including phenoxy) is 1. The minimum Gasteiger partial charge on any atom is -0.496 e. The Morgan fingerprint density at radius 1 is 1.06 bits per heavy atom. The third-order valence-corrected chi connectivity index (χ3v) is 2.80. The summed E-state index contributed by atoms with van der Waals surface area (Å²) in [6.45, 7) is 2.01. The van der Waals surface area contributed by atoms with Crippen LogP contribution in [-0.2, 0) is 0 Å². The van der Waals surface area contributed by atoms with Gasteiger partial charge in [0.05, 0.1) is 7.11 Å². The van der Waals surface area contributed by atoms with Crippen LogP contribution in [0.4, 0.5) is 0 Å². The third kappa shape index (κ3) is 2.03. The van der Waals surface area contributed by atoms with Crippen molar-refractivity contribution in [1.82, 2.24) is 0 Å². The molecule has 0 atom stereocenters. The topological polar surface area (TPSA) is 9.23 Å². The first-order chi connectivity index (χ1) is 8.27. The smallest absolute Gasteiger partial charge is 0.127 e. The standard InChI is InChI=1S/C16H14O/c1-4-14-12(2)10-11-15(17-3)16(14)13-8-6-5-7-9-13/h1,5-11H,2-3H3. The van der Waals surface area contributed by atoms with Crippen molar-refractivity contribution in [2.75, 3.05) is 7.11 Å². The van der Waals surface area contributed by atoms with Crippen molar-refractivity contribution in [3.63, 3.8) is 0 Å². The van der Waals surface area contributed by atoms with E-state index in [0.717, 1.165) is 28.0 Å². The van der Waals surface area contributed by atoms with E-state index in [2.05, 4.69) is 5.92 Å². The van der Waals surface area contributed by atoms with Gasteiger partial charge in [0.25, 0.3) is 0 Å². The van der Waals surface area contributed by atoms with Crippen LogP contribution in [0.25, 0.3) is 11.1 Å². The highest BCUT2D eigenvalue weighted by Crippen LogP contribution is 2.34. The molecule has 0 aliphatic carbocycles. The van der Waals surface area contributed by atoms with Gasteiger partial charge < -0.3 is 4.74 Å². The van der Waals surface area contributed by atoms with Crippen LogP contribution >= 0.6 is 0 Å². The monoisotopic (exact) mass is 222 g/mol. The zero-order valence-corrected chi connectivity index (χ0v) is 10.0. The molecule has 1 nitrogen and oxygen atoms in total. The summed E-state index contributed by atoms with van der Waals surface area (Å²) in [7, 11) is 1.66. The van der Waals surface area contributed by atoms with Gasteiger partial charge >= 0.3 is 0 Å². The highest BCUT2D eigenvalue weighted by atomic mass is 16.5. The van der Waals surface area contributed by atoms with Gasteiger partial charge in [0, 0.05) is 11.1 Å². The van der Waals surface area contributed by atoms with Gasteiger partial charge in [-0.3, -0.25) is 0 Å². The molecule has 1 heteroatoms. The van der Waals surface area contributed by atoms with Crippen LogP contribution in [0.2, 0.25) is 0 Å². The molecular weight excluding hydrogens is 208 g/mol. The number of aryl methyl sites for hydroxylation is 1. The van der Waals surface area contributed by atoms with Crippen molar-refractivity contribution in [3.8, 4) is 29.2 Å². The summed E-state index contributed by atoms with van der Waals surface area (Å²) in [5, 5.41) is 0. The SMILES string of the molecule is C#Cc1c(C)ccc(OC)c1-c1ccccc1. The Kier molecular flexibility index (Phi) is 3.16. The maximum absolute atomic E-state index is 5.61. The summed E-state index contributed by atoms with van der Waals surface area (Å²) in [5.41, 5.74) is 4.07. The normalized spacial score (nSPS) is 9.71. The fraction of sp³-hybridized carbons (Fsp3) is 0.125. The fourth-order valence-electron chi connectivity index (χ4n) is 1.94. The highest BCUT2D eigenvalue weighted by molar-refractivity contribution is 5.78. The van der Waals surface area contributed by atoms with E-state index in [1.807, 2.05) is 49.4 Å². The lowest BCUT2D eigenvalue weighted by Crippen LogP contribution is -1.94. The summed E-state index contributed by atoms with van der Waals surface area (Å²) >= 11 is 0.